The Bertz CT molecular complexity index is 510. The summed E-state index contributed by atoms with van der Waals surface area (Å²) in [5.41, 5.74) is 0.809. The molecule has 2 aliphatic rings. The fraction of sp³-hybridized carbons (Fsp3) is 0.562. The molecular weight excluding hydrogens is 255 g/mol. The molecule has 3 rings (SSSR count). The Balaban J connectivity index is 1.90. The molecule has 3 nitrogen and oxygen atoms in total. The smallest absolute Gasteiger partial charge is 0.245 e. The average Bonchev–Trinajstić information content (AvgIpc) is 2.99. The minimum atomic E-state index is -0.229. The molecule has 0 aliphatic carbocycles. The molecule has 0 unspecified atom stereocenters. The molecule has 4 heteroatoms. The maximum Gasteiger partial charge on any atom is 0.245 e. The van der Waals surface area contributed by atoms with E-state index >= 15 is 0 Å². The lowest BCUT2D eigenvalue weighted by atomic mass is 9.82. The molecule has 0 saturated carbocycles. The van der Waals surface area contributed by atoms with Gasteiger partial charge in [-0.3, -0.25) is 9.80 Å². The Kier molecular flexibility index (Phi) is 3.28. The first-order chi connectivity index (χ1) is 9.61. The summed E-state index contributed by atoms with van der Waals surface area (Å²) in [6, 6.07) is 6.63. The van der Waals surface area contributed by atoms with Crippen LogP contribution in [0, 0.1) is 11.2 Å². The maximum absolute atomic E-state index is 13.1. The predicted molar refractivity (Wildman–Crippen MR) is 75.2 cm³/mol. The van der Waals surface area contributed by atoms with Crippen molar-refractivity contribution < 1.29 is 9.18 Å². The van der Waals surface area contributed by atoms with Gasteiger partial charge in [0.2, 0.25) is 5.91 Å². The van der Waals surface area contributed by atoms with Crippen molar-refractivity contribution in [3.05, 3.63) is 35.6 Å². The minimum absolute atomic E-state index is 0.0723. The number of hydrogen-bond donors (Lipinski definition) is 0. The zero-order valence-electron chi connectivity index (χ0n) is 12.1. The first-order valence-corrected chi connectivity index (χ1v) is 7.45. The van der Waals surface area contributed by atoms with E-state index in [2.05, 4.69) is 18.9 Å². The molecule has 1 aromatic carbocycles. The Morgan fingerprint density at radius 1 is 1.25 bits per heavy atom. The van der Waals surface area contributed by atoms with E-state index < -0.39 is 0 Å². The Morgan fingerprint density at radius 3 is 2.50 bits per heavy atom. The van der Waals surface area contributed by atoms with E-state index in [1.54, 1.807) is 12.1 Å². The van der Waals surface area contributed by atoms with Crippen LogP contribution in [0.5, 0.6) is 0 Å². The lowest BCUT2D eigenvalue weighted by molar-refractivity contribution is -0.143. The first-order valence-electron chi connectivity index (χ1n) is 7.45. The summed E-state index contributed by atoms with van der Waals surface area (Å²) in [6.07, 6.45) is 2.69. The van der Waals surface area contributed by atoms with Crippen molar-refractivity contribution in [1.82, 2.24) is 10.0 Å². The summed E-state index contributed by atoms with van der Waals surface area (Å²) in [7, 11) is 0. The molecule has 0 bridgehead atoms. The summed E-state index contributed by atoms with van der Waals surface area (Å²) < 4.78 is 13.1. The fourth-order valence-corrected chi connectivity index (χ4v) is 3.55. The average molecular weight is 276 g/mol. The number of benzene rings is 1. The third-order valence-electron chi connectivity index (χ3n) is 5.02. The van der Waals surface area contributed by atoms with Gasteiger partial charge in [-0.25, -0.2) is 9.40 Å². The number of carbonyl (C=O) groups is 1. The number of halogens is 1. The molecule has 2 fully saturated rings. The highest BCUT2D eigenvalue weighted by molar-refractivity contribution is 5.85. The van der Waals surface area contributed by atoms with Crippen LogP contribution in [0.2, 0.25) is 0 Å². The van der Waals surface area contributed by atoms with E-state index in [0.29, 0.717) is 0 Å². The van der Waals surface area contributed by atoms with Gasteiger partial charge in [-0.2, -0.15) is 0 Å². The second-order valence-electron chi connectivity index (χ2n) is 5.88. The highest BCUT2D eigenvalue weighted by Gasteiger charge is 2.53. The third-order valence-corrected chi connectivity index (χ3v) is 5.02. The van der Waals surface area contributed by atoms with Gasteiger partial charge in [0.05, 0.1) is 11.5 Å². The highest BCUT2D eigenvalue weighted by Crippen LogP contribution is 2.45. The molecule has 0 spiro atoms. The largest absolute Gasteiger partial charge is 0.273 e. The zero-order valence-corrected chi connectivity index (χ0v) is 12.1. The van der Waals surface area contributed by atoms with Crippen LogP contribution in [-0.4, -0.2) is 29.0 Å². The van der Waals surface area contributed by atoms with Crippen molar-refractivity contribution in [3.63, 3.8) is 0 Å². The molecule has 2 heterocycles. The number of rotatable bonds is 3. The molecular formula is C16H21FN2O. The Morgan fingerprint density at radius 2 is 1.90 bits per heavy atom. The van der Waals surface area contributed by atoms with E-state index in [1.807, 2.05) is 5.01 Å². The van der Waals surface area contributed by atoms with Crippen LogP contribution in [0.25, 0.3) is 0 Å². The van der Waals surface area contributed by atoms with Gasteiger partial charge in [0.15, 0.2) is 0 Å². The monoisotopic (exact) mass is 276 g/mol. The second-order valence-corrected chi connectivity index (χ2v) is 5.88. The van der Waals surface area contributed by atoms with Crippen LogP contribution in [-0.2, 0) is 4.79 Å². The van der Waals surface area contributed by atoms with Crippen LogP contribution in [0.3, 0.4) is 0 Å². The van der Waals surface area contributed by atoms with Gasteiger partial charge in [0, 0.05) is 13.1 Å². The second kappa shape index (κ2) is 4.85. The molecule has 2 aliphatic heterocycles. The molecule has 1 atom stereocenters. The Hall–Kier alpha value is -1.42. The van der Waals surface area contributed by atoms with E-state index in [9.17, 15) is 9.18 Å². The van der Waals surface area contributed by atoms with Crippen molar-refractivity contribution in [2.75, 3.05) is 13.1 Å². The molecule has 0 radical (unpaired) electrons. The lowest BCUT2D eigenvalue weighted by Gasteiger charge is -2.27. The van der Waals surface area contributed by atoms with Gasteiger partial charge in [-0.1, -0.05) is 26.0 Å². The summed E-state index contributed by atoms with van der Waals surface area (Å²) in [5, 5.41) is 4.11. The first kappa shape index (κ1) is 13.6. The topological polar surface area (TPSA) is 23.6 Å². The minimum Gasteiger partial charge on any atom is -0.273 e. The van der Waals surface area contributed by atoms with Crippen molar-refractivity contribution in [2.45, 2.75) is 39.2 Å². The molecule has 1 amide bonds. The number of hydrazine groups is 1. The van der Waals surface area contributed by atoms with Crippen LogP contribution in [0.1, 0.15) is 44.7 Å². The quantitative estimate of drug-likeness (QED) is 0.846. The number of amides is 1. The maximum atomic E-state index is 13.1. The van der Waals surface area contributed by atoms with Gasteiger partial charge in [0.25, 0.3) is 0 Å². The number of fused-ring (bicyclic) bond motifs is 1. The van der Waals surface area contributed by atoms with Crippen molar-refractivity contribution in [3.8, 4) is 0 Å². The van der Waals surface area contributed by atoms with E-state index in [1.165, 1.54) is 12.1 Å². The normalized spacial score (nSPS) is 25.2. The van der Waals surface area contributed by atoms with Gasteiger partial charge in [0.1, 0.15) is 5.82 Å². The summed E-state index contributed by atoms with van der Waals surface area (Å²) in [5.74, 6) is 0.0159. The standard InChI is InChI=1S/C16H21FN2O/c1-3-16(4-2)11-18-10-9-14(19(18)15(16)20)12-5-7-13(17)8-6-12/h5-8,14H,3-4,9-11H2,1-2H3/t14-/m0/s1. The van der Waals surface area contributed by atoms with Crippen molar-refractivity contribution in [1.29, 1.82) is 0 Å². The lowest BCUT2D eigenvalue weighted by Crippen LogP contribution is -2.36. The van der Waals surface area contributed by atoms with Gasteiger partial charge < -0.3 is 0 Å². The van der Waals surface area contributed by atoms with E-state index in [-0.39, 0.29) is 23.2 Å². The number of carbonyl (C=O) groups excluding carboxylic acids is 1. The van der Waals surface area contributed by atoms with Gasteiger partial charge in [-0.15, -0.1) is 0 Å². The number of hydrogen-bond acceptors (Lipinski definition) is 2. The third kappa shape index (κ3) is 1.85. The van der Waals surface area contributed by atoms with Gasteiger partial charge >= 0.3 is 0 Å². The summed E-state index contributed by atoms with van der Waals surface area (Å²) >= 11 is 0. The highest BCUT2D eigenvalue weighted by atomic mass is 19.1. The zero-order chi connectivity index (χ0) is 14.3. The van der Waals surface area contributed by atoms with Crippen LogP contribution >= 0.6 is 0 Å². The molecule has 2 saturated heterocycles. The molecule has 0 N–H and O–H groups in total. The molecule has 20 heavy (non-hydrogen) atoms. The van der Waals surface area contributed by atoms with Gasteiger partial charge in [-0.05, 0) is 37.0 Å². The molecule has 1 aromatic rings. The summed E-state index contributed by atoms with van der Waals surface area (Å²) in [6.45, 7) is 5.93. The number of nitrogens with zero attached hydrogens (tertiary/aromatic N) is 2. The SMILES string of the molecule is CCC1(CC)CN2CC[C@@H](c3ccc(F)cc3)N2C1=O. The van der Waals surface area contributed by atoms with Crippen LogP contribution in [0.4, 0.5) is 4.39 Å². The van der Waals surface area contributed by atoms with Crippen LogP contribution in [0.15, 0.2) is 24.3 Å². The van der Waals surface area contributed by atoms with E-state index in [4.69, 9.17) is 0 Å². The Labute approximate surface area is 119 Å². The molecule has 0 aromatic heterocycles. The summed E-state index contributed by atoms with van der Waals surface area (Å²) in [4.78, 5) is 12.8. The van der Waals surface area contributed by atoms with Crippen molar-refractivity contribution >= 4 is 5.91 Å². The van der Waals surface area contributed by atoms with Crippen LogP contribution < -0.4 is 0 Å². The van der Waals surface area contributed by atoms with Crippen molar-refractivity contribution in [2.24, 2.45) is 5.41 Å². The fourth-order valence-electron chi connectivity index (χ4n) is 3.55. The predicted octanol–water partition coefficient (Wildman–Crippen LogP) is 3.14. The molecule has 108 valence electrons. The van der Waals surface area contributed by atoms with E-state index in [0.717, 1.165) is 37.9 Å².